The molecule has 32 heavy (non-hydrogen) atoms. The van der Waals surface area contributed by atoms with Gasteiger partial charge in [0.15, 0.2) is 0 Å². The molecular weight excluding hydrogens is 442 g/mol. The zero-order chi connectivity index (χ0) is 22.6. The minimum atomic E-state index is -3.63. The highest BCUT2D eigenvalue weighted by Gasteiger charge is 2.30. The van der Waals surface area contributed by atoms with Gasteiger partial charge in [-0.3, -0.25) is 9.69 Å². The van der Waals surface area contributed by atoms with Gasteiger partial charge in [0, 0.05) is 33.2 Å². The molecule has 1 amide bonds. The van der Waals surface area contributed by atoms with Crippen LogP contribution in [0.1, 0.15) is 17.2 Å². The van der Waals surface area contributed by atoms with Crippen molar-refractivity contribution >= 4 is 27.3 Å². The van der Waals surface area contributed by atoms with Gasteiger partial charge in [-0.2, -0.15) is 4.31 Å². The van der Waals surface area contributed by atoms with Crippen molar-refractivity contribution in [3.05, 3.63) is 89.3 Å². The number of amides is 1. The van der Waals surface area contributed by atoms with Crippen molar-refractivity contribution in [1.29, 1.82) is 0 Å². The summed E-state index contributed by atoms with van der Waals surface area (Å²) in [6.07, 6.45) is 0. The molecule has 8 heteroatoms. The number of piperazine rings is 1. The molecule has 1 aliphatic rings. The van der Waals surface area contributed by atoms with Crippen molar-refractivity contribution in [1.82, 2.24) is 14.1 Å². The predicted molar refractivity (Wildman–Crippen MR) is 127 cm³/mol. The number of hydrogen-bond donors (Lipinski definition) is 0. The van der Waals surface area contributed by atoms with Crippen LogP contribution in [0, 0.1) is 0 Å². The number of sulfonamides is 1. The highest BCUT2D eigenvalue weighted by atomic mass is 32.2. The highest BCUT2D eigenvalue weighted by molar-refractivity contribution is 7.91. The molecular formula is C24H27N3O3S2. The van der Waals surface area contributed by atoms with Crippen LogP contribution in [0.4, 0.5) is 0 Å². The third-order valence-corrected chi connectivity index (χ3v) is 8.96. The zero-order valence-electron chi connectivity index (χ0n) is 18.0. The number of benzene rings is 2. The topological polar surface area (TPSA) is 60.9 Å². The number of carbonyl (C=O) groups excluding carboxylic acids is 1. The first-order chi connectivity index (χ1) is 15.5. The largest absolute Gasteiger partial charge is 0.339 e. The van der Waals surface area contributed by atoms with Crippen LogP contribution in [0.2, 0.25) is 0 Å². The molecule has 4 rings (SSSR count). The molecule has 3 aromatic rings. The van der Waals surface area contributed by atoms with Gasteiger partial charge in [-0.25, -0.2) is 8.42 Å². The van der Waals surface area contributed by atoms with Gasteiger partial charge in [0.25, 0.3) is 10.0 Å². The molecule has 1 saturated heterocycles. The average Bonchev–Trinajstić information content (AvgIpc) is 3.37. The summed E-state index contributed by atoms with van der Waals surface area (Å²) in [4.78, 5) is 17.0. The molecule has 1 aromatic heterocycles. The highest BCUT2D eigenvalue weighted by Crippen LogP contribution is 2.29. The Morgan fingerprint density at radius 2 is 1.47 bits per heavy atom. The SMILES string of the molecule is CN(CC(=O)N1CCN(C(c2ccccc2)c2ccccc2)CC1)S(=O)(=O)c1cccs1. The second kappa shape index (κ2) is 9.95. The molecule has 0 atom stereocenters. The zero-order valence-corrected chi connectivity index (χ0v) is 19.6. The van der Waals surface area contributed by atoms with E-state index >= 15 is 0 Å². The van der Waals surface area contributed by atoms with Crippen LogP contribution in [-0.4, -0.2) is 68.2 Å². The lowest BCUT2D eigenvalue weighted by Crippen LogP contribution is -2.52. The van der Waals surface area contributed by atoms with E-state index in [2.05, 4.69) is 53.4 Å². The van der Waals surface area contributed by atoms with Gasteiger partial charge in [-0.15, -0.1) is 11.3 Å². The first-order valence-electron chi connectivity index (χ1n) is 10.6. The van der Waals surface area contributed by atoms with E-state index in [-0.39, 0.29) is 22.7 Å². The second-order valence-corrected chi connectivity index (χ2v) is 11.1. The summed E-state index contributed by atoms with van der Waals surface area (Å²) >= 11 is 1.16. The van der Waals surface area contributed by atoms with Crippen molar-refractivity contribution in [2.75, 3.05) is 39.8 Å². The molecule has 1 aliphatic heterocycles. The van der Waals surface area contributed by atoms with Crippen molar-refractivity contribution in [2.45, 2.75) is 10.3 Å². The average molecular weight is 470 g/mol. The summed E-state index contributed by atoms with van der Waals surface area (Å²) in [5.74, 6) is -0.164. The molecule has 0 saturated carbocycles. The standard InChI is InChI=1S/C24H27N3O3S2/c1-25(32(29,30)23-13-8-18-31-23)19-22(28)26-14-16-27(17-15-26)24(20-9-4-2-5-10-20)21-11-6-3-7-12-21/h2-13,18,24H,14-17,19H2,1H3. The number of nitrogens with zero attached hydrogens (tertiary/aromatic N) is 3. The van der Waals surface area contributed by atoms with E-state index in [0.29, 0.717) is 13.1 Å². The molecule has 2 heterocycles. The molecule has 168 valence electrons. The van der Waals surface area contributed by atoms with Crippen LogP contribution < -0.4 is 0 Å². The summed E-state index contributed by atoms with van der Waals surface area (Å²) in [7, 11) is -2.17. The van der Waals surface area contributed by atoms with E-state index in [1.54, 1.807) is 22.4 Å². The molecule has 0 N–H and O–H groups in total. The molecule has 0 aliphatic carbocycles. The Bertz CT molecular complexity index is 1070. The fourth-order valence-corrected chi connectivity index (χ4v) is 6.37. The minimum absolute atomic E-state index is 0.122. The Kier molecular flexibility index (Phi) is 7.05. The molecule has 0 spiro atoms. The first kappa shape index (κ1) is 22.7. The van der Waals surface area contributed by atoms with E-state index in [1.807, 2.05) is 12.1 Å². The number of rotatable bonds is 7. The van der Waals surface area contributed by atoms with E-state index in [1.165, 1.54) is 18.2 Å². The van der Waals surface area contributed by atoms with Gasteiger partial charge in [-0.05, 0) is 22.6 Å². The van der Waals surface area contributed by atoms with Gasteiger partial charge in [0.1, 0.15) is 4.21 Å². The maximum absolute atomic E-state index is 12.8. The summed E-state index contributed by atoms with van der Waals surface area (Å²) in [6, 6.07) is 24.2. The normalized spacial score (nSPS) is 15.4. The first-order valence-corrected chi connectivity index (χ1v) is 12.9. The van der Waals surface area contributed by atoms with Gasteiger partial charge in [0.2, 0.25) is 5.91 Å². The second-order valence-electron chi connectivity index (χ2n) is 7.83. The lowest BCUT2D eigenvalue weighted by Gasteiger charge is -2.40. The summed E-state index contributed by atoms with van der Waals surface area (Å²) in [5.41, 5.74) is 2.44. The molecule has 0 bridgehead atoms. The van der Waals surface area contributed by atoms with Gasteiger partial charge < -0.3 is 4.90 Å². The van der Waals surface area contributed by atoms with E-state index in [4.69, 9.17) is 0 Å². The Balaban J connectivity index is 1.42. The fraction of sp³-hybridized carbons (Fsp3) is 0.292. The van der Waals surface area contributed by atoms with Crippen LogP contribution in [-0.2, 0) is 14.8 Å². The van der Waals surface area contributed by atoms with Crippen molar-refractivity contribution in [2.24, 2.45) is 0 Å². The molecule has 0 unspecified atom stereocenters. The maximum Gasteiger partial charge on any atom is 0.252 e. The quantitative estimate of drug-likeness (QED) is 0.533. The monoisotopic (exact) mass is 469 g/mol. The lowest BCUT2D eigenvalue weighted by atomic mass is 9.96. The minimum Gasteiger partial charge on any atom is -0.339 e. The Morgan fingerprint density at radius 3 is 1.97 bits per heavy atom. The third kappa shape index (κ3) is 4.94. The van der Waals surface area contributed by atoms with Crippen molar-refractivity contribution < 1.29 is 13.2 Å². The number of thiophene rings is 1. The van der Waals surface area contributed by atoms with E-state index in [9.17, 15) is 13.2 Å². The van der Waals surface area contributed by atoms with E-state index in [0.717, 1.165) is 28.7 Å². The molecule has 2 aromatic carbocycles. The Morgan fingerprint density at radius 1 is 0.906 bits per heavy atom. The maximum atomic E-state index is 12.8. The Labute approximate surface area is 193 Å². The van der Waals surface area contributed by atoms with Crippen molar-refractivity contribution in [3.8, 4) is 0 Å². The van der Waals surface area contributed by atoms with Crippen LogP contribution in [0.3, 0.4) is 0 Å². The number of likely N-dealkylation sites (N-methyl/N-ethyl adjacent to an activating group) is 1. The number of carbonyl (C=O) groups is 1. The summed E-state index contributed by atoms with van der Waals surface area (Å²) in [5, 5.41) is 1.72. The molecule has 0 radical (unpaired) electrons. The smallest absolute Gasteiger partial charge is 0.252 e. The van der Waals surface area contributed by atoms with E-state index < -0.39 is 10.0 Å². The summed E-state index contributed by atoms with van der Waals surface area (Å²) in [6.45, 7) is 2.44. The van der Waals surface area contributed by atoms with Crippen molar-refractivity contribution in [3.63, 3.8) is 0 Å². The summed E-state index contributed by atoms with van der Waals surface area (Å²) < 4.78 is 26.6. The van der Waals surface area contributed by atoms with Gasteiger partial charge in [0.05, 0.1) is 12.6 Å². The third-order valence-electron chi connectivity index (χ3n) is 5.78. The van der Waals surface area contributed by atoms with Crippen LogP contribution >= 0.6 is 11.3 Å². The Hall–Kier alpha value is -2.52. The molecule has 6 nitrogen and oxygen atoms in total. The lowest BCUT2D eigenvalue weighted by molar-refractivity contribution is -0.133. The van der Waals surface area contributed by atoms with Gasteiger partial charge >= 0.3 is 0 Å². The predicted octanol–water partition coefficient (Wildman–Crippen LogP) is 3.30. The molecule has 1 fully saturated rings. The van der Waals surface area contributed by atoms with Gasteiger partial charge in [-0.1, -0.05) is 66.7 Å². The van der Waals surface area contributed by atoms with Crippen LogP contribution in [0.15, 0.2) is 82.4 Å². The number of hydrogen-bond acceptors (Lipinski definition) is 5. The van der Waals surface area contributed by atoms with Crippen LogP contribution in [0.5, 0.6) is 0 Å². The van der Waals surface area contributed by atoms with Crippen LogP contribution in [0.25, 0.3) is 0 Å². The fourth-order valence-electron chi connectivity index (χ4n) is 4.05.